The van der Waals surface area contributed by atoms with Crippen molar-refractivity contribution >= 4 is 27.8 Å². The van der Waals surface area contributed by atoms with Gasteiger partial charge in [0, 0.05) is 16.5 Å². The van der Waals surface area contributed by atoms with Gasteiger partial charge in [-0.1, -0.05) is 30.3 Å². The van der Waals surface area contributed by atoms with Crippen LogP contribution in [0.2, 0.25) is 0 Å². The van der Waals surface area contributed by atoms with Gasteiger partial charge in [0.2, 0.25) is 0 Å². The van der Waals surface area contributed by atoms with Crippen molar-refractivity contribution in [1.82, 2.24) is 9.97 Å². The number of carbonyl (C=O) groups is 1. The van der Waals surface area contributed by atoms with E-state index in [1.165, 1.54) is 0 Å². The third-order valence-electron chi connectivity index (χ3n) is 4.29. The van der Waals surface area contributed by atoms with Crippen molar-refractivity contribution in [2.45, 2.75) is 0 Å². The molecule has 24 heavy (non-hydrogen) atoms. The number of aromatic carboxylic acids is 1. The van der Waals surface area contributed by atoms with E-state index < -0.39 is 5.97 Å². The minimum absolute atomic E-state index is 0. The summed E-state index contributed by atoms with van der Waals surface area (Å²) in [5, 5.41) is 13.2. The quantitative estimate of drug-likeness (QED) is 0.401. The molecule has 1 aliphatic carbocycles. The number of carboxylic acid groups (broad SMARTS) is 1. The molecule has 108 valence electrons. The fraction of sp³-hybridized carbons (Fsp3) is 0. The second-order valence-electron chi connectivity index (χ2n) is 5.62. The molecule has 0 fully saturated rings. The normalized spacial score (nSPS) is 11.3. The van der Waals surface area contributed by atoms with Crippen molar-refractivity contribution in [1.29, 1.82) is 0 Å². The maximum atomic E-state index is 11.3. The van der Waals surface area contributed by atoms with Crippen molar-refractivity contribution < 1.29 is 39.5 Å². The van der Waals surface area contributed by atoms with E-state index in [9.17, 15) is 9.90 Å². The summed E-state index contributed by atoms with van der Waals surface area (Å²) in [6.07, 6.45) is 0. The van der Waals surface area contributed by atoms with Gasteiger partial charge >= 0.3 is 29.6 Å². The van der Waals surface area contributed by atoms with Crippen LogP contribution in [-0.2, 0) is 0 Å². The van der Waals surface area contributed by atoms with E-state index >= 15 is 0 Å². The maximum Gasteiger partial charge on any atom is 1.00 e. The van der Waals surface area contributed by atoms with Crippen LogP contribution in [-0.4, -0.2) is 15.9 Å². The first-order chi connectivity index (χ1) is 11.2. The number of benzene rings is 3. The van der Waals surface area contributed by atoms with Crippen LogP contribution < -0.4 is 34.7 Å². The number of hydrogen-bond donors (Lipinski definition) is 0. The van der Waals surface area contributed by atoms with Crippen LogP contribution in [0.5, 0.6) is 0 Å². The Hall–Kier alpha value is -2.27. The number of nitrogens with zero attached hydrogens (tertiary/aromatic N) is 2. The first kappa shape index (κ1) is 15.3. The number of para-hydroxylation sites is 2. The topological polar surface area (TPSA) is 65.9 Å². The number of carboxylic acids is 1. The van der Waals surface area contributed by atoms with E-state index in [4.69, 9.17) is 9.97 Å². The molecule has 1 aliphatic rings. The van der Waals surface area contributed by atoms with Crippen LogP contribution in [0, 0.1) is 0 Å². The smallest absolute Gasteiger partial charge is 0.545 e. The van der Waals surface area contributed by atoms with Gasteiger partial charge in [0.25, 0.3) is 0 Å². The predicted octanol–water partition coefficient (Wildman–Crippen LogP) is -0.202. The summed E-state index contributed by atoms with van der Waals surface area (Å²) >= 11 is 0. The van der Waals surface area contributed by atoms with E-state index in [0.717, 1.165) is 44.3 Å². The summed E-state index contributed by atoms with van der Waals surface area (Å²) in [5.74, 6) is -1.18. The Kier molecular flexibility index (Phi) is 3.42. The Bertz CT molecular complexity index is 1150. The number of aromatic nitrogens is 2. The zero-order valence-corrected chi connectivity index (χ0v) is 14.9. The molecule has 0 aliphatic heterocycles. The van der Waals surface area contributed by atoms with Gasteiger partial charge in [-0.05, 0) is 35.2 Å². The van der Waals surface area contributed by atoms with Crippen LogP contribution in [0.4, 0.5) is 0 Å². The minimum atomic E-state index is -1.18. The average Bonchev–Trinajstić information content (AvgIpc) is 2.88. The zero-order valence-electron chi connectivity index (χ0n) is 12.9. The van der Waals surface area contributed by atoms with Crippen molar-refractivity contribution in [3.05, 3.63) is 60.2 Å². The van der Waals surface area contributed by atoms with Gasteiger partial charge in [-0.15, -0.1) is 0 Å². The maximum absolute atomic E-state index is 11.3. The Balaban J connectivity index is 0.00000146. The van der Waals surface area contributed by atoms with Gasteiger partial charge in [0.05, 0.1) is 28.4 Å². The molecule has 0 radical (unpaired) electrons. The Labute approximate surface area is 159 Å². The molecule has 0 saturated carbocycles. The van der Waals surface area contributed by atoms with Crippen LogP contribution in [0.25, 0.3) is 44.3 Å². The largest absolute Gasteiger partial charge is 1.00 e. The second kappa shape index (κ2) is 5.38. The summed E-state index contributed by atoms with van der Waals surface area (Å²) in [6.45, 7) is 0. The molecule has 0 spiro atoms. The molecule has 0 bridgehead atoms. The molecule has 0 N–H and O–H groups in total. The monoisotopic (exact) mass is 320 g/mol. The first-order valence-corrected chi connectivity index (χ1v) is 7.28. The van der Waals surface area contributed by atoms with Gasteiger partial charge in [0.15, 0.2) is 0 Å². The van der Waals surface area contributed by atoms with Gasteiger partial charge in [0.1, 0.15) is 0 Å². The Morgan fingerprint density at radius 3 is 2.17 bits per heavy atom. The molecule has 5 heteroatoms. The van der Waals surface area contributed by atoms with Gasteiger partial charge < -0.3 is 9.90 Å². The fourth-order valence-electron chi connectivity index (χ4n) is 3.31. The van der Waals surface area contributed by atoms with Crippen molar-refractivity contribution in [3.8, 4) is 22.5 Å². The molecule has 0 unspecified atom stereocenters. The van der Waals surface area contributed by atoms with E-state index in [1.54, 1.807) is 12.1 Å². The van der Waals surface area contributed by atoms with E-state index in [2.05, 4.69) is 0 Å². The number of rotatable bonds is 1. The molecule has 1 heterocycles. The van der Waals surface area contributed by atoms with Gasteiger partial charge in [-0.25, -0.2) is 9.97 Å². The third kappa shape index (κ3) is 2.01. The molecule has 0 atom stereocenters. The number of hydrogen-bond acceptors (Lipinski definition) is 4. The molecule has 4 aromatic rings. The molecular weight excluding hydrogens is 311 g/mol. The standard InChI is InChI=1S/C19H10N2O2.Na/c22-19(23)11-8-10-4-3-5-12-16(10)13(9-11)18-17(12)20-14-6-1-2-7-15(14)21-18;/h1-9H,(H,22,23);/q;+1/p-1. The SMILES string of the molecule is O=C([O-])c1cc2c3c(cccc3c1)-c1nc3ccccc3nc1-2.[Na+]. The molecular formula is C19H9N2NaO2. The van der Waals surface area contributed by atoms with Crippen LogP contribution in [0.1, 0.15) is 10.4 Å². The van der Waals surface area contributed by atoms with Crippen molar-refractivity contribution in [3.63, 3.8) is 0 Å². The Morgan fingerprint density at radius 1 is 0.833 bits per heavy atom. The summed E-state index contributed by atoms with van der Waals surface area (Å²) in [6, 6.07) is 16.8. The van der Waals surface area contributed by atoms with E-state index in [0.29, 0.717) is 0 Å². The van der Waals surface area contributed by atoms with Crippen molar-refractivity contribution in [2.24, 2.45) is 0 Å². The molecule has 3 aromatic carbocycles. The summed E-state index contributed by atoms with van der Waals surface area (Å²) in [5.41, 5.74) is 5.13. The second-order valence-corrected chi connectivity index (χ2v) is 5.62. The predicted molar refractivity (Wildman–Crippen MR) is 85.8 cm³/mol. The third-order valence-corrected chi connectivity index (χ3v) is 4.29. The van der Waals surface area contributed by atoms with Crippen molar-refractivity contribution in [2.75, 3.05) is 0 Å². The minimum Gasteiger partial charge on any atom is -0.545 e. The van der Waals surface area contributed by atoms with E-state index in [1.807, 2.05) is 42.5 Å². The summed E-state index contributed by atoms with van der Waals surface area (Å²) < 4.78 is 0. The van der Waals surface area contributed by atoms with Crippen LogP contribution in [0.3, 0.4) is 0 Å². The van der Waals surface area contributed by atoms with Crippen LogP contribution in [0.15, 0.2) is 54.6 Å². The number of fused-ring (bicyclic) bond motifs is 4. The molecule has 1 aromatic heterocycles. The van der Waals surface area contributed by atoms with Gasteiger partial charge in [-0.2, -0.15) is 0 Å². The Morgan fingerprint density at radius 2 is 1.50 bits per heavy atom. The average molecular weight is 320 g/mol. The summed E-state index contributed by atoms with van der Waals surface area (Å²) in [4.78, 5) is 20.8. The molecule has 4 nitrogen and oxygen atoms in total. The van der Waals surface area contributed by atoms with Gasteiger partial charge in [-0.3, -0.25) is 0 Å². The van der Waals surface area contributed by atoms with Crippen LogP contribution >= 0.6 is 0 Å². The fourth-order valence-corrected chi connectivity index (χ4v) is 3.31. The zero-order chi connectivity index (χ0) is 15.6. The summed E-state index contributed by atoms with van der Waals surface area (Å²) in [7, 11) is 0. The molecule has 5 rings (SSSR count). The molecule has 0 saturated heterocycles. The van der Waals surface area contributed by atoms with E-state index in [-0.39, 0.29) is 35.1 Å². The first-order valence-electron chi connectivity index (χ1n) is 7.28. The molecule has 0 amide bonds. The number of carbonyl (C=O) groups excluding carboxylic acids is 1.